The molecule has 2 aromatic carbocycles. The Morgan fingerprint density at radius 2 is 1.80 bits per heavy atom. The number of benzene rings is 2. The van der Waals surface area contributed by atoms with Crippen molar-refractivity contribution in [2.75, 3.05) is 37.6 Å². The fourth-order valence-corrected chi connectivity index (χ4v) is 5.98. The van der Waals surface area contributed by atoms with Crippen molar-refractivity contribution >= 4 is 11.6 Å². The lowest BCUT2D eigenvalue weighted by Gasteiger charge is -2.44. The van der Waals surface area contributed by atoms with Crippen LogP contribution in [0.15, 0.2) is 66.2 Å². The monoisotopic (exact) mass is 545 g/mol. The van der Waals surface area contributed by atoms with Crippen molar-refractivity contribution in [3.63, 3.8) is 0 Å². The highest BCUT2D eigenvalue weighted by atomic mass is 16.5. The average Bonchev–Trinajstić information content (AvgIpc) is 2.96. The summed E-state index contributed by atoms with van der Waals surface area (Å²) in [5, 5.41) is 0. The van der Waals surface area contributed by atoms with E-state index < -0.39 is 0 Å². The van der Waals surface area contributed by atoms with Gasteiger partial charge in [0.05, 0.1) is 6.04 Å². The van der Waals surface area contributed by atoms with Gasteiger partial charge in [0.1, 0.15) is 12.4 Å². The van der Waals surface area contributed by atoms with E-state index in [1.165, 1.54) is 23.2 Å². The number of anilines is 1. The number of amides is 1. The van der Waals surface area contributed by atoms with Crippen LogP contribution in [0.4, 0.5) is 5.69 Å². The van der Waals surface area contributed by atoms with Gasteiger partial charge in [-0.05, 0) is 101 Å². The first-order valence-corrected chi connectivity index (χ1v) is 15.5. The van der Waals surface area contributed by atoms with Crippen molar-refractivity contribution in [3.05, 3.63) is 71.8 Å². The number of carbonyl (C=O) groups is 1. The van der Waals surface area contributed by atoms with Crippen molar-refractivity contribution in [1.29, 1.82) is 0 Å². The molecule has 4 rings (SSSR count). The predicted molar refractivity (Wildman–Crippen MR) is 167 cm³/mol. The second kappa shape index (κ2) is 14.7. The van der Waals surface area contributed by atoms with Crippen LogP contribution in [-0.2, 0) is 11.4 Å². The molecule has 5 heteroatoms. The number of ether oxygens (including phenoxy) is 1. The molecule has 2 aliphatic rings. The van der Waals surface area contributed by atoms with Crippen LogP contribution in [0.5, 0.6) is 5.75 Å². The molecule has 0 aliphatic carbocycles. The van der Waals surface area contributed by atoms with Gasteiger partial charge >= 0.3 is 0 Å². The summed E-state index contributed by atoms with van der Waals surface area (Å²) < 4.78 is 6.05. The molecule has 5 nitrogen and oxygen atoms in total. The van der Waals surface area contributed by atoms with Crippen molar-refractivity contribution in [3.8, 4) is 5.75 Å². The van der Waals surface area contributed by atoms with E-state index in [2.05, 4.69) is 91.8 Å². The van der Waals surface area contributed by atoms with Gasteiger partial charge in [-0.2, -0.15) is 0 Å². The van der Waals surface area contributed by atoms with Crippen LogP contribution in [-0.4, -0.2) is 60.5 Å². The molecule has 3 unspecified atom stereocenters. The smallest absolute Gasteiger partial charge is 0.240 e. The van der Waals surface area contributed by atoms with E-state index in [9.17, 15) is 4.79 Å². The first-order chi connectivity index (χ1) is 19.3. The van der Waals surface area contributed by atoms with E-state index >= 15 is 0 Å². The number of hydrogen-bond acceptors (Lipinski definition) is 4. The van der Waals surface area contributed by atoms with Gasteiger partial charge < -0.3 is 14.5 Å². The average molecular weight is 546 g/mol. The largest absolute Gasteiger partial charge is 0.489 e. The number of carbonyl (C=O) groups excluding carboxylic acids is 1. The van der Waals surface area contributed by atoms with Crippen LogP contribution in [0.3, 0.4) is 0 Å². The zero-order chi connectivity index (χ0) is 28.5. The Morgan fingerprint density at radius 1 is 1.05 bits per heavy atom. The Bertz CT molecular complexity index is 1080. The molecule has 0 radical (unpaired) electrons. The lowest BCUT2D eigenvalue weighted by atomic mass is 9.90. The highest BCUT2D eigenvalue weighted by molar-refractivity contribution is 5.82. The molecule has 0 aromatic heterocycles. The molecule has 40 heavy (non-hydrogen) atoms. The quantitative estimate of drug-likeness (QED) is 0.280. The summed E-state index contributed by atoms with van der Waals surface area (Å²) in [5.74, 6) is 2.50. The van der Waals surface area contributed by atoms with E-state index in [0.717, 1.165) is 64.2 Å². The molecule has 2 aromatic rings. The van der Waals surface area contributed by atoms with Gasteiger partial charge in [0.25, 0.3) is 0 Å². The van der Waals surface area contributed by atoms with Crippen molar-refractivity contribution in [2.45, 2.75) is 85.4 Å². The molecule has 0 saturated carbocycles. The lowest BCUT2D eigenvalue weighted by Crippen LogP contribution is -2.57. The number of rotatable bonds is 11. The summed E-state index contributed by atoms with van der Waals surface area (Å²) in [6.45, 7) is 16.4. The maximum atomic E-state index is 14.0. The zero-order valence-electron chi connectivity index (χ0n) is 25.5. The normalized spacial score (nSPS) is 21.8. The van der Waals surface area contributed by atoms with Gasteiger partial charge in [-0.1, -0.05) is 62.8 Å². The van der Waals surface area contributed by atoms with Crippen LogP contribution < -0.4 is 9.64 Å². The van der Waals surface area contributed by atoms with E-state index in [4.69, 9.17) is 4.74 Å². The van der Waals surface area contributed by atoms with E-state index in [-0.39, 0.29) is 6.04 Å². The number of piperidine rings is 2. The van der Waals surface area contributed by atoms with Crippen LogP contribution in [0, 0.1) is 11.8 Å². The van der Waals surface area contributed by atoms with Gasteiger partial charge in [0, 0.05) is 31.4 Å². The van der Waals surface area contributed by atoms with Crippen LogP contribution >= 0.6 is 0 Å². The zero-order valence-corrected chi connectivity index (χ0v) is 25.5. The van der Waals surface area contributed by atoms with Crippen molar-refractivity contribution in [1.82, 2.24) is 9.80 Å². The number of allylic oxidation sites excluding steroid dienone is 1. The minimum atomic E-state index is 0.0357. The van der Waals surface area contributed by atoms with E-state index in [1.54, 1.807) is 0 Å². The molecular weight excluding hydrogens is 494 g/mol. The summed E-state index contributed by atoms with van der Waals surface area (Å²) >= 11 is 0. The van der Waals surface area contributed by atoms with Crippen LogP contribution in [0.1, 0.15) is 72.3 Å². The lowest BCUT2D eigenvalue weighted by molar-refractivity contribution is -0.140. The molecular formula is C35H51N3O2. The van der Waals surface area contributed by atoms with Gasteiger partial charge in [0.15, 0.2) is 0 Å². The Labute approximate surface area is 243 Å². The second-order valence-electron chi connectivity index (χ2n) is 12.6. The minimum Gasteiger partial charge on any atom is -0.489 e. The fraction of sp³-hybridized carbons (Fsp3) is 0.571. The van der Waals surface area contributed by atoms with Crippen molar-refractivity contribution < 1.29 is 9.53 Å². The number of likely N-dealkylation sites (tertiary alicyclic amines) is 2. The van der Waals surface area contributed by atoms with E-state index in [1.807, 2.05) is 18.2 Å². The molecule has 2 fully saturated rings. The maximum absolute atomic E-state index is 14.0. The third-order valence-corrected chi connectivity index (χ3v) is 8.52. The molecule has 2 heterocycles. The molecule has 2 aliphatic heterocycles. The Kier molecular flexibility index (Phi) is 11.1. The predicted octanol–water partition coefficient (Wildman–Crippen LogP) is 7.18. The van der Waals surface area contributed by atoms with Crippen LogP contribution in [0.25, 0.3) is 0 Å². The van der Waals surface area contributed by atoms with Gasteiger partial charge in [-0.3, -0.25) is 9.69 Å². The summed E-state index contributed by atoms with van der Waals surface area (Å²) in [6.07, 6.45) is 7.80. The number of nitrogens with zero attached hydrogens (tertiary/aromatic N) is 3. The standard InChI is InChI=1S/C35H51N3O2/c1-27(2)17-21-36-22-19-29(5)24-34(36)35(39)37-20-9-12-32(25-37)38(23-18-28(3)4)31-13-15-33(16-14-31)40-26-30-10-7-6-8-11-30/h6-8,10-11,13-16,18,27,29,32,34H,9,12,17,19-26H2,1-5H3. The van der Waals surface area contributed by atoms with Crippen LogP contribution in [0.2, 0.25) is 0 Å². The Balaban J connectivity index is 1.45. The second-order valence-corrected chi connectivity index (χ2v) is 12.6. The third-order valence-electron chi connectivity index (χ3n) is 8.52. The Hall–Kier alpha value is -2.79. The molecule has 2 saturated heterocycles. The maximum Gasteiger partial charge on any atom is 0.240 e. The highest BCUT2D eigenvalue weighted by Gasteiger charge is 2.37. The summed E-state index contributed by atoms with van der Waals surface area (Å²) in [7, 11) is 0. The number of hydrogen-bond donors (Lipinski definition) is 0. The van der Waals surface area contributed by atoms with Gasteiger partial charge in [0.2, 0.25) is 5.91 Å². The van der Waals surface area contributed by atoms with Gasteiger partial charge in [-0.15, -0.1) is 0 Å². The first kappa shape index (κ1) is 30.2. The molecule has 3 atom stereocenters. The first-order valence-electron chi connectivity index (χ1n) is 15.5. The molecule has 0 N–H and O–H groups in total. The SMILES string of the molecule is CC(C)=CCN(c1ccc(OCc2ccccc2)cc1)C1CCCN(C(=O)C2CC(C)CCN2CCC(C)C)C1. The summed E-state index contributed by atoms with van der Waals surface area (Å²) in [5.41, 5.74) is 3.67. The molecule has 0 bridgehead atoms. The summed E-state index contributed by atoms with van der Waals surface area (Å²) in [4.78, 5) is 21.2. The topological polar surface area (TPSA) is 36.0 Å². The molecule has 0 spiro atoms. The fourth-order valence-electron chi connectivity index (χ4n) is 5.98. The highest BCUT2D eigenvalue weighted by Crippen LogP contribution is 2.29. The van der Waals surface area contributed by atoms with Crippen molar-refractivity contribution in [2.24, 2.45) is 11.8 Å². The molecule has 1 amide bonds. The Morgan fingerprint density at radius 3 is 2.50 bits per heavy atom. The minimum absolute atomic E-state index is 0.0357. The molecule has 218 valence electrons. The van der Waals surface area contributed by atoms with E-state index in [0.29, 0.717) is 30.4 Å². The van der Waals surface area contributed by atoms with Gasteiger partial charge in [-0.25, -0.2) is 0 Å². The third kappa shape index (κ3) is 8.60. The summed E-state index contributed by atoms with van der Waals surface area (Å²) in [6, 6.07) is 19.1.